The summed E-state index contributed by atoms with van der Waals surface area (Å²) in [4.78, 5) is 2.14. The molecule has 1 heterocycles. The monoisotopic (exact) mass is 234 g/mol. The Morgan fingerprint density at radius 1 is 1.33 bits per heavy atom. The van der Waals surface area contributed by atoms with Gasteiger partial charge in [0.05, 0.1) is 11.5 Å². The summed E-state index contributed by atoms with van der Waals surface area (Å²) >= 11 is 0. The van der Waals surface area contributed by atoms with Crippen molar-refractivity contribution in [2.75, 3.05) is 32.1 Å². The molecule has 1 rings (SSSR count). The third kappa shape index (κ3) is 4.95. The van der Waals surface area contributed by atoms with Gasteiger partial charge in [-0.3, -0.25) is 0 Å². The number of nitrogens with one attached hydrogen (secondary N) is 1. The van der Waals surface area contributed by atoms with E-state index in [-0.39, 0.29) is 0 Å². The predicted octanol–water partition coefficient (Wildman–Crippen LogP) is 0.103. The molecule has 1 fully saturated rings. The van der Waals surface area contributed by atoms with Gasteiger partial charge in [-0.05, 0) is 33.9 Å². The van der Waals surface area contributed by atoms with Crippen molar-refractivity contribution in [3.63, 3.8) is 0 Å². The first-order valence-corrected chi connectivity index (χ1v) is 7.32. The van der Waals surface area contributed by atoms with Crippen LogP contribution >= 0.6 is 0 Å². The van der Waals surface area contributed by atoms with E-state index in [0.29, 0.717) is 23.6 Å². The first-order valence-electron chi connectivity index (χ1n) is 5.50. The molecule has 1 aliphatic rings. The molecule has 1 N–H and O–H groups in total. The second-order valence-electron chi connectivity index (χ2n) is 4.76. The highest BCUT2D eigenvalue weighted by Gasteiger charge is 2.24. The molecule has 15 heavy (non-hydrogen) atoms. The molecule has 0 bridgehead atoms. The third-order valence-corrected chi connectivity index (χ3v) is 4.43. The van der Waals surface area contributed by atoms with Gasteiger partial charge in [0.15, 0.2) is 0 Å². The van der Waals surface area contributed by atoms with Crippen molar-refractivity contribution in [1.82, 2.24) is 10.2 Å². The van der Waals surface area contributed by atoms with Crippen molar-refractivity contribution in [3.8, 4) is 0 Å². The van der Waals surface area contributed by atoms with E-state index in [9.17, 15) is 8.42 Å². The Hall–Kier alpha value is -0.130. The standard InChI is InChI=1S/C10H22N2O2S/c1-9(8-12(2)3)11-10-4-6-15(13,14)7-5-10/h9-11H,4-8H2,1-3H3. The Bertz CT molecular complexity index is 274. The highest BCUT2D eigenvalue weighted by molar-refractivity contribution is 7.91. The van der Waals surface area contributed by atoms with Gasteiger partial charge >= 0.3 is 0 Å². The SMILES string of the molecule is CC(CN(C)C)NC1CCS(=O)(=O)CC1. The van der Waals surface area contributed by atoms with Gasteiger partial charge < -0.3 is 10.2 Å². The summed E-state index contributed by atoms with van der Waals surface area (Å²) in [5, 5.41) is 3.48. The summed E-state index contributed by atoms with van der Waals surface area (Å²) in [6.45, 7) is 3.13. The van der Waals surface area contributed by atoms with Gasteiger partial charge in [0, 0.05) is 18.6 Å². The molecule has 1 unspecified atom stereocenters. The first kappa shape index (κ1) is 12.9. The van der Waals surface area contributed by atoms with Crippen molar-refractivity contribution in [1.29, 1.82) is 0 Å². The Labute approximate surface area is 93.0 Å². The van der Waals surface area contributed by atoms with Crippen LogP contribution < -0.4 is 5.32 Å². The van der Waals surface area contributed by atoms with Crippen LogP contribution in [0.3, 0.4) is 0 Å². The zero-order chi connectivity index (χ0) is 11.5. The van der Waals surface area contributed by atoms with Crippen LogP contribution in [0, 0.1) is 0 Å². The van der Waals surface area contributed by atoms with E-state index in [1.54, 1.807) is 0 Å². The fourth-order valence-corrected chi connectivity index (χ4v) is 3.55. The van der Waals surface area contributed by atoms with E-state index in [1.807, 2.05) is 14.1 Å². The summed E-state index contributed by atoms with van der Waals surface area (Å²) in [7, 11) is 1.37. The van der Waals surface area contributed by atoms with E-state index < -0.39 is 9.84 Å². The minimum atomic E-state index is -2.72. The van der Waals surface area contributed by atoms with Gasteiger partial charge in [-0.2, -0.15) is 0 Å². The molecule has 0 amide bonds. The maximum absolute atomic E-state index is 11.2. The second kappa shape index (κ2) is 5.27. The minimum Gasteiger partial charge on any atom is -0.310 e. The summed E-state index contributed by atoms with van der Waals surface area (Å²) < 4.78 is 22.4. The molecule has 1 atom stereocenters. The van der Waals surface area contributed by atoms with Gasteiger partial charge in [-0.25, -0.2) is 8.42 Å². The molecule has 1 aliphatic heterocycles. The molecular formula is C10H22N2O2S. The summed E-state index contributed by atoms with van der Waals surface area (Å²) in [5.74, 6) is 0.693. The summed E-state index contributed by atoms with van der Waals surface area (Å²) in [6.07, 6.45) is 1.53. The fraction of sp³-hybridized carbons (Fsp3) is 1.00. The zero-order valence-corrected chi connectivity index (χ0v) is 10.7. The summed E-state index contributed by atoms with van der Waals surface area (Å²) in [6, 6.07) is 0.800. The van der Waals surface area contributed by atoms with Crippen LogP contribution in [0.25, 0.3) is 0 Å². The van der Waals surface area contributed by atoms with E-state index in [1.165, 1.54) is 0 Å². The Morgan fingerprint density at radius 3 is 2.33 bits per heavy atom. The smallest absolute Gasteiger partial charge is 0.150 e. The normalized spacial score (nSPS) is 24.3. The maximum Gasteiger partial charge on any atom is 0.150 e. The second-order valence-corrected chi connectivity index (χ2v) is 7.06. The van der Waals surface area contributed by atoms with Gasteiger partial charge in [-0.15, -0.1) is 0 Å². The number of rotatable bonds is 4. The van der Waals surface area contributed by atoms with Crippen LogP contribution in [0.5, 0.6) is 0 Å². The lowest BCUT2D eigenvalue weighted by Gasteiger charge is -2.28. The van der Waals surface area contributed by atoms with Crippen molar-refractivity contribution in [3.05, 3.63) is 0 Å². The van der Waals surface area contributed by atoms with Gasteiger partial charge in [0.1, 0.15) is 9.84 Å². The van der Waals surface area contributed by atoms with E-state index in [0.717, 1.165) is 19.4 Å². The van der Waals surface area contributed by atoms with Crippen LogP contribution in [0.4, 0.5) is 0 Å². The first-order chi connectivity index (χ1) is 6.89. The molecule has 0 spiro atoms. The van der Waals surface area contributed by atoms with Gasteiger partial charge in [0.2, 0.25) is 0 Å². The fourth-order valence-electron chi connectivity index (χ4n) is 2.06. The molecule has 1 saturated heterocycles. The van der Waals surface area contributed by atoms with Crippen LogP contribution in [-0.4, -0.2) is 57.5 Å². The topological polar surface area (TPSA) is 49.4 Å². The maximum atomic E-state index is 11.2. The minimum absolute atomic E-state index is 0.347. The molecular weight excluding hydrogens is 212 g/mol. The quantitative estimate of drug-likeness (QED) is 0.750. The molecule has 0 radical (unpaired) electrons. The molecule has 0 saturated carbocycles. The Balaban J connectivity index is 2.29. The average molecular weight is 234 g/mol. The highest BCUT2D eigenvalue weighted by atomic mass is 32.2. The van der Waals surface area contributed by atoms with Crippen LogP contribution in [-0.2, 0) is 9.84 Å². The van der Waals surface area contributed by atoms with Crippen LogP contribution in [0.15, 0.2) is 0 Å². The number of hydrogen-bond donors (Lipinski definition) is 1. The lowest BCUT2D eigenvalue weighted by Crippen LogP contribution is -2.45. The van der Waals surface area contributed by atoms with Crippen molar-refractivity contribution in [2.45, 2.75) is 31.8 Å². The highest BCUT2D eigenvalue weighted by Crippen LogP contribution is 2.12. The number of nitrogens with zero attached hydrogens (tertiary/aromatic N) is 1. The molecule has 5 heteroatoms. The molecule has 0 aromatic heterocycles. The third-order valence-electron chi connectivity index (χ3n) is 2.71. The molecule has 90 valence electrons. The predicted molar refractivity (Wildman–Crippen MR) is 62.8 cm³/mol. The van der Waals surface area contributed by atoms with E-state index in [4.69, 9.17) is 0 Å². The lowest BCUT2D eigenvalue weighted by molar-refractivity contribution is 0.319. The Kier molecular flexibility index (Phi) is 4.55. The van der Waals surface area contributed by atoms with Crippen LogP contribution in [0.1, 0.15) is 19.8 Å². The van der Waals surface area contributed by atoms with Gasteiger partial charge in [-0.1, -0.05) is 0 Å². The number of hydrogen-bond acceptors (Lipinski definition) is 4. The molecule has 0 aromatic rings. The Morgan fingerprint density at radius 2 is 1.87 bits per heavy atom. The zero-order valence-electron chi connectivity index (χ0n) is 9.86. The van der Waals surface area contributed by atoms with Crippen LogP contribution in [0.2, 0.25) is 0 Å². The lowest BCUT2D eigenvalue weighted by atomic mass is 10.1. The number of sulfone groups is 1. The summed E-state index contributed by atoms with van der Waals surface area (Å²) in [5.41, 5.74) is 0. The molecule has 4 nitrogen and oxygen atoms in total. The van der Waals surface area contributed by atoms with Crippen molar-refractivity contribution in [2.24, 2.45) is 0 Å². The molecule has 0 aliphatic carbocycles. The van der Waals surface area contributed by atoms with Gasteiger partial charge in [0.25, 0.3) is 0 Å². The largest absolute Gasteiger partial charge is 0.310 e. The van der Waals surface area contributed by atoms with Crippen molar-refractivity contribution >= 4 is 9.84 Å². The van der Waals surface area contributed by atoms with Crippen molar-refractivity contribution < 1.29 is 8.42 Å². The molecule has 0 aromatic carbocycles. The average Bonchev–Trinajstić information content (AvgIpc) is 2.07. The van der Waals surface area contributed by atoms with E-state index >= 15 is 0 Å². The number of likely N-dealkylation sites (N-methyl/N-ethyl adjacent to an activating group) is 1. The van der Waals surface area contributed by atoms with E-state index in [2.05, 4.69) is 17.1 Å².